The van der Waals surface area contributed by atoms with Crippen LogP contribution in [0.1, 0.15) is 30.2 Å². The fourth-order valence-corrected chi connectivity index (χ4v) is 4.36. The van der Waals surface area contributed by atoms with Crippen LogP contribution in [0.2, 0.25) is 0 Å². The minimum Gasteiger partial charge on any atom is -0.495 e. The van der Waals surface area contributed by atoms with Crippen LogP contribution in [0.15, 0.2) is 65.7 Å². The summed E-state index contributed by atoms with van der Waals surface area (Å²) < 4.78 is 21.0. The monoisotopic (exact) mass is 446 g/mol. The summed E-state index contributed by atoms with van der Waals surface area (Å²) in [5.74, 6) is 0.754. The SMILES string of the molecule is COc1cc(/C=C2\CC(=O)N3C2=NOCC3(C)c2ccc(F)cc2)ccc1-n1cnc(C)c1. The first-order valence-corrected chi connectivity index (χ1v) is 10.6. The first-order valence-electron chi connectivity index (χ1n) is 10.6. The van der Waals surface area contributed by atoms with Crippen LogP contribution < -0.4 is 4.74 Å². The second-order valence-electron chi connectivity index (χ2n) is 8.40. The molecule has 1 fully saturated rings. The predicted octanol–water partition coefficient (Wildman–Crippen LogP) is 4.20. The highest BCUT2D eigenvalue weighted by Gasteiger charge is 2.48. The summed E-state index contributed by atoms with van der Waals surface area (Å²) in [6.07, 6.45) is 5.78. The molecule has 33 heavy (non-hydrogen) atoms. The zero-order valence-electron chi connectivity index (χ0n) is 18.6. The minimum atomic E-state index is -0.779. The van der Waals surface area contributed by atoms with Gasteiger partial charge >= 0.3 is 0 Å². The minimum absolute atomic E-state index is 0.0763. The Morgan fingerprint density at radius 3 is 2.70 bits per heavy atom. The van der Waals surface area contributed by atoms with Crippen LogP contribution >= 0.6 is 0 Å². The van der Waals surface area contributed by atoms with Crippen molar-refractivity contribution in [2.24, 2.45) is 5.16 Å². The van der Waals surface area contributed by atoms with Crippen molar-refractivity contribution in [3.05, 3.63) is 83.2 Å². The number of aromatic nitrogens is 2. The van der Waals surface area contributed by atoms with Gasteiger partial charge < -0.3 is 14.1 Å². The van der Waals surface area contributed by atoms with Gasteiger partial charge in [-0.1, -0.05) is 23.4 Å². The number of amidine groups is 1. The highest BCUT2D eigenvalue weighted by Crippen LogP contribution is 2.39. The second kappa shape index (κ2) is 7.88. The van der Waals surface area contributed by atoms with Gasteiger partial charge in [0.25, 0.3) is 0 Å². The fourth-order valence-electron chi connectivity index (χ4n) is 4.36. The van der Waals surface area contributed by atoms with Crippen molar-refractivity contribution in [2.75, 3.05) is 13.7 Å². The first-order chi connectivity index (χ1) is 15.9. The Kier molecular flexibility index (Phi) is 5.00. The molecule has 0 bridgehead atoms. The van der Waals surface area contributed by atoms with Gasteiger partial charge in [0, 0.05) is 11.8 Å². The zero-order chi connectivity index (χ0) is 23.2. The van der Waals surface area contributed by atoms with E-state index in [1.165, 1.54) is 12.1 Å². The summed E-state index contributed by atoms with van der Waals surface area (Å²) in [5.41, 5.74) is 3.40. The molecule has 5 rings (SSSR count). The molecular weight excluding hydrogens is 423 g/mol. The Morgan fingerprint density at radius 1 is 1.21 bits per heavy atom. The quantitative estimate of drug-likeness (QED) is 0.602. The molecule has 1 aromatic heterocycles. The topological polar surface area (TPSA) is 68.9 Å². The number of nitrogens with zero attached hydrogens (tertiary/aromatic N) is 4. The van der Waals surface area contributed by atoms with E-state index in [-0.39, 0.29) is 24.8 Å². The molecule has 0 radical (unpaired) electrons. The highest BCUT2D eigenvalue weighted by molar-refractivity contribution is 6.18. The molecule has 1 unspecified atom stereocenters. The van der Waals surface area contributed by atoms with Crippen molar-refractivity contribution in [3.8, 4) is 11.4 Å². The number of ether oxygens (including phenoxy) is 1. The summed E-state index contributed by atoms with van der Waals surface area (Å²) in [4.78, 5) is 24.6. The van der Waals surface area contributed by atoms with Gasteiger partial charge in [0.1, 0.15) is 23.7 Å². The maximum Gasteiger partial charge on any atom is 0.233 e. The van der Waals surface area contributed by atoms with Gasteiger partial charge in [0.05, 0.1) is 31.2 Å². The lowest BCUT2D eigenvalue weighted by Gasteiger charge is -2.40. The van der Waals surface area contributed by atoms with Crippen molar-refractivity contribution < 1.29 is 18.8 Å². The molecule has 1 amide bonds. The average Bonchev–Trinajstić information content (AvgIpc) is 3.38. The van der Waals surface area contributed by atoms with Gasteiger partial charge in [-0.15, -0.1) is 0 Å². The third-order valence-corrected chi connectivity index (χ3v) is 6.08. The zero-order valence-corrected chi connectivity index (χ0v) is 18.6. The molecule has 8 heteroatoms. The molecule has 1 saturated heterocycles. The van der Waals surface area contributed by atoms with E-state index in [0.29, 0.717) is 11.6 Å². The molecule has 3 heterocycles. The number of rotatable bonds is 4. The molecular formula is C25H23FN4O3. The van der Waals surface area contributed by atoms with Crippen molar-refractivity contribution in [3.63, 3.8) is 0 Å². The van der Waals surface area contributed by atoms with Crippen molar-refractivity contribution in [1.82, 2.24) is 14.5 Å². The van der Waals surface area contributed by atoms with E-state index in [9.17, 15) is 9.18 Å². The summed E-state index contributed by atoms with van der Waals surface area (Å²) in [5, 5.41) is 4.20. The van der Waals surface area contributed by atoms with Crippen LogP contribution in [0.5, 0.6) is 5.75 Å². The molecule has 1 atom stereocenters. The predicted molar refractivity (Wildman–Crippen MR) is 121 cm³/mol. The Bertz CT molecular complexity index is 1300. The summed E-state index contributed by atoms with van der Waals surface area (Å²) in [7, 11) is 1.62. The van der Waals surface area contributed by atoms with E-state index >= 15 is 0 Å². The van der Waals surface area contributed by atoms with Crippen LogP contribution in [-0.4, -0.2) is 39.9 Å². The normalized spacial score (nSPS) is 21.1. The second-order valence-corrected chi connectivity index (χ2v) is 8.40. The number of methoxy groups -OCH3 is 1. The molecule has 0 aliphatic carbocycles. The molecule has 0 spiro atoms. The van der Waals surface area contributed by atoms with E-state index in [4.69, 9.17) is 9.57 Å². The summed E-state index contributed by atoms with van der Waals surface area (Å²) in [6, 6.07) is 11.9. The Labute approximate surface area is 190 Å². The number of carbonyl (C=O) groups is 1. The number of hydrogen-bond donors (Lipinski definition) is 0. The Hall–Kier alpha value is -3.94. The Morgan fingerprint density at radius 2 is 2.00 bits per heavy atom. The van der Waals surface area contributed by atoms with Gasteiger partial charge in [-0.2, -0.15) is 0 Å². The number of amides is 1. The molecule has 7 nitrogen and oxygen atoms in total. The highest BCUT2D eigenvalue weighted by atomic mass is 19.1. The molecule has 3 aromatic rings. The molecule has 0 N–H and O–H groups in total. The largest absolute Gasteiger partial charge is 0.495 e. The number of carbonyl (C=O) groups excluding carboxylic acids is 1. The summed E-state index contributed by atoms with van der Waals surface area (Å²) in [6.45, 7) is 4.02. The van der Waals surface area contributed by atoms with Gasteiger partial charge in [0.2, 0.25) is 5.91 Å². The number of oxime groups is 1. The summed E-state index contributed by atoms with van der Waals surface area (Å²) >= 11 is 0. The van der Waals surface area contributed by atoms with Crippen LogP contribution in [-0.2, 0) is 15.2 Å². The first kappa shape index (κ1) is 20.9. The lowest BCUT2D eigenvalue weighted by molar-refractivity contribution is -0.133. The van der Waals surface area contributed by atoms with Crippen LogP contribution in [0.3, 0.4) is 0 Å². The standard InChI is InChI=1S/C25H23FN4O3/c1-16-13-29(15-27-16)21-9-4-17(11-22(21)32-3)10-18-12-23(31)30-24(18)28-33-14-25(30,2)19-5-7-20(26)8-6-19/h4-11,13,15H,12,14H2,1-3H3/b18-10+. The fraction of sp³-hybridized carbons (Fsp3) is 0.240. The smallest absolute Gasteiger partial charge is 0.233 e. The third-order valence-electron chi connectivity index (χ3n) is 6.08. The average molecular weight is 446 g/mol. The van der Waals surface area contributed by atoms with Crippen LogP contribution in [0.4, 0.5) is 4.39 Å². The lowest BCUT2D eigenvalue weighted by Crippen LogP contribution is -2.52. The Balaban J connectivity index is 1.50. The van der Waals surface area contributed by atoms with Crippen LogP contribution in [0, 0.1) is 12.7 Å². The number of aryl methyl sites for hydroxylation is 1. The number of halogens is 1. The van der Waals surface area contributed by atoms with Gasteiger partial charge in [0.15, 0.2) is 5.84 Å². The third kappa shape index (κ3) is 3.57. The number of imidazole rings is 1. The number of hydrogen-bond acceptors (Lipinski definition) is 5. The van der Waals surface area contributed by atoms with Crippen molar-refractivity contribution in [1.29, 1.82) is 0 Å². The number of fused-ring (bicyclic) bond motifs is 1. The van der Waals surface area contributed by atoms with Crippen molar-refractivity contribution in [2.45, 2.75) is 25.8 Å². The van der Waals surface area contributed by atoms with Gasteiger partial charge in [-0.3, -0.25) is 9.69 Å². The number of benzene rings is 2. The van der Waals surface area contributed by atoms with Gasteiger partial charge in [-0.05, 0) is 55.3 Å². The maximum atomic E-state index is 13.5. The molecule has 2 aliphatic heterocycles. The van der Waals surface area contributed by atoms with Crippen LogP contribution in [0.25, 0.3) is 11.8 Å². The molecule has 2 aliphatic rings. The van der Waals surface area contributed by atoms with E-state index in [1.807, 2.05) is 48.9 Å². The molecule has 0 saturated carbocycles. The van der Waals surface area contributed by atoms with Crippen molar-refractivity contribution >= 4 is 17.8 Å². The van der Waals surface area contributed by atoms with E-state index in [1.54, 1.807) is 30.5 Å². The van der Waals surface area contributed by atoms with E-state index in [0.717, 1.165) is 28.1 Å². The van der Waals surface area contributed by atoms with E-state index < -0.39 is 5.54 Å². The maximum absolute atomic E-state index is 13.5. The molecule has 2 aromatic carbocycles. The van der Waals surface area contributed by atoms with Gasteiger partial charge in [-0.25, -0.2) is 9.37 Å². The lowest BCUT2D eigenvalue weighted by atomic mass is 9.90. The van der Waals surface area contributed by atoms with E-state index in [2.05, 4.69) is 10.1 Å². The molecule has 168 valence electrons.